The van der Waals surface area contributed by atoms with Crippen molar-refractivity contribution in [3.05, 3.63) is 35.9 Å². The van der Waals surface area contributed by atoms with Crippen LogP contribution in [0.3, 0.4) is 0 Å². The molecule has 18 heavy (non-hydrogen) atoms. The molecule has 0 radical (unpaired) electrons. The summed E-state index contributed by atoms with van der Waals surface area (Å²) in [4.78, 5) is 14.0. The summed E-state index contributed by atoms with van der Waals surface area (Å²) < 4.78 is 0. The van der Waals surface area contributed by atoms with Crippen LogP contribution in [-0.4, -0.2) is 38.0 Å². The van der Waals surface area contributed by atoms with Gasteiger partial charge >= 0.3 is 0 Å². The Morgan fingerprint density at radius 3 is 2.56 bits per heavy atom. The van der Waals surface area contributed by atoms with E-state index in [4.69, 9.17) is 0 Å². The molecule has 0 aliphatic rings. The quantitative estimate of drug-likeness (QED) is 0.748. The van der Waals surface area contributed by atoms with Crippen LogP contribution < -0.4 is 5.32 Å². The molecule has 0 spiro atoms. The molecule has 0 aliphatic carbocycles. The van der Waals surface area contributed by atoms with Gasteiger partial charge in [0.05, 0.1) is 0 Å². The largest absolute Gasteiger partial charge is 0.356 e. The minimum Gasteiger partial charge on any atom is -0.356 e. The fraction of sp³-hybridized carbons (Fsp3) is 0.533. The molecule has 1 unspecified atom stereocenters. The van der Waals surface area contributed by atoms with E-state index < -0.39 is 0 Å². The molecule has 0 saturated carbocycles. The second-order valence-electron chi connectivity index (χ2n) is 5.04. The first-order valence-corrected chi connectivity index (χ1v) is 6.56. The summed E-state index contributed by atoms with van der Waals surface area (Å²) in [5.41, 5.74) is 1.22. The predicted molar refractivity (Wildman–Crippen MR) is 75.5 cm³/mol. The van der Waals surface area contributed by atoms with Crippen LogP contribution in [0.4, 0.5) is 0 Å². The minimum absolute atomic E-state index is 0.0340. The van der Waals surface area contributed by atoms with E-state index in [1.165, 1.54) is 5.56 Å². The predicted octanol–water partition coefficient (Wildman–Crippen LogP) is 1.93. The van der Waals surface area contributed by atoms with Crippen molar-refractivity contribution in [3.63, 3.8) is 0 Å². The lowest BCUT2D eigenvalue weighted by Gasteiger charge is -2.13. The molecule has 1 amide bonds. The number of carbonyl (C=O) groups is 1. The number of hydrogen-bond acceptors (Lipinski definition) is 2. The topological polar surface area (TPSA) is 32.3 Å². The summed E-state index contributed by atoms with van der Waals surface area (Å²) in [7, 11) is 4.08. The lowest BCUT2D eigenvalue weighted by atomic mass is 10.0. The normalized spacial score (nSPS) is 12.4. The van der Waals surface area contributed by atoms with Gasteiger partial charge in [-0.1, -0.05) is 37.3 Å². The Kier molecular flexibility index (Phi) is 6.44. The average Bonchev–Trinajstić information content (AvgIpc) is 2.35. The first-order chi connectivity index (χ1) is 8.59. The maximum absolute atomic E-state index is 11.9. The molecular weight excluding hydrogens is 224 g/mol. The van der Waals surface area contributed by atoms with Crippen LogP contribution in [0, 0.1) is 5.92 Å². The van der Waals surface area contributed by atoms with E-state index >= 15 is 0 Å². The van der Waals surface area contributed by atoms with E-state index in [2.05, 4.69) is 22.3 Å². The van der Waals surface area contributed by atoms with Gasteiger partial charge in [0, 0.05) is 12.5 Å². The highest BCUT2D eigenvalue weighted by molar-refractivity contribution is 5.78. The summed E-state index contributed by atoms with van der Waals surface area (Å²) in [6, 6.07) is 10.1. The van der Waals surface area contributed by atoms with Gasteiger partial charge in [-0.05, 0) is 39.0 Å². The van der Waals surface area contributed by atoms with Crippen LogP contribution in [0.5, 0.6) is 0 Å². The zero-order valence-corrected chi connectivity index (χ0v) is 11.6. The van der Waals surface area contributed by atoms with Gasteiger partial charge < -0.3 is 10.2 Å². The zero-order chi connectivity index (χ0) is 13.4. The molecule has 100 valence electrons. The zero-order valence-electron chi connectivity index (χ0n) is 11.6. The molecule has 1 aromatic rings. The van der Waals surface area contributed by atoms with Crippen LogP contribution >= 0.6 is 0 Å². The standard InChI is InChI=1S/C15H24N2O/c1-13(12-14-8-5-4-6-9-14)15(18)16-10-7-11-17(2)3/h4-6,8-9,13H,7,10-12H2,1-3H3,(H,16,18). The van der Waals surface area contributed by atoms with Gasteiger partial charge in [-0.15, -0.1) is 0 Å². The molecule has 0 fully saturated rings. The Balaban J connectivity index is 2.25. The van der Waals surface area contributed by atoms with Gasteiger partial charge in [0.25, 0.3) is 0 Å². The molecule has 3 nitrogen and oxygen atoms in total. The Morgan fingerprint density at radius 1 is 1.28 bits per heavy atom. The van der Waals surface area contributed by atoms with Crippen molar-refractivity contribution in [2.45, 2.75) is 19.8 Å². The van der Waals surface area contributed by atoms with Crippen molar-refractivity contribution in [2.24, 2.45) is 5.92 Å². The molecule has 0 aliphatic heterocycles. The average molecular weight is 248 g/mol. The second kappa shape index (κ2) is 7.88. The summed E-state index contributed by atoms with van der Waals surface area (Å²) >= 11 is 0. The van der Waals surface area contributed by atoms with Crippen molar-refractivity contribution in [3.8, 4) is 0 Å². The molecule has 0 heterocycles. The van der Waals surface area contributed by atoms with E-state index in [0.29, 0.717) is 0 Å². The number of amides is 1. The summed E-state index contributed by atoms with van der Waals surface area (Å²) in [6.45, 7) is 3.75. The van der Waals surface area contributed by atoms with Gasteiger partial charge in [0.15, 0.2) is 0 Å². The Morgan fingerprint density at radius 2 is 1.94 bits per heavy atom. The van der Waals surface area contributed by atoms with Crippen LogP contribution in [0.1, 0.15) is 18.9 Å². The monoisotopic (exact) mass is 248 g/mol. The Bertz CT molecular complexity index is 349. The number of hydrogen-bond donors (Lipinski definition) is 1. The maximum atomic E-state index is 11.9. The van der Waals surface area contributed by atoms with Crippen molar-refractivity contribution in [1.82, 2.24) is 10.2 Å². The summed E-state index contributed by atoms with van der Waals surface area (Å²) in [5.74, 6) is 0.185. The first-order valence-electron chi connectivity index (χ1n) is 6.56. The highest BCUT2D eigenvalue weighted by Gasteiger charge is 2.12. The van der Waals surface area contributed by atoms with Gasteiger partial charge in [0.1, 0.15) is 0 Å². The van der Waals surface area contributed by atoms with E-state index in [-0.39, 0.29) is 11.8 Å². The first kappa shape index (κ1) is 14.7. The molecule has 1 N–H and O–H groups in total. The fourth-order valence-electron chi connectivity index (χ4n) is 1.84. The van der Waals surface area contributed by atoms with Crippen molar-refractivity contribution in [1.29, 1.82) is 0 Å². The number of carbonyl (C=O) groups excluding carboxylic acids is 1. The highest BCUT2D eigenvalue weighted by atomic mass is 16.1. The number of benzene rings is 1. The molecule has 1 aromatic carbocycles. The van der Waals surface area contributed by atoms with Gasteiger partial charge in [-0.25, -0.2) is 0 Å². The highest BCUT2D eigenvalue weighted by Crippen LogP contribution is 2.08. The van der Waals surface area contributed by atoms with E-state index in [1.54, 1.807) is 0 Å². The Labute approximate surface area is 110 Å². The fourth-order valence-corrected chi connectivity index (χ4v) is 1.84. The third kappa shape index (κ3) is 5.82. The SMILES string of the molecule is CC(Cc1ccccc1)C(=O)NCCCN(C)C. The molecule has 1 rings (SSSR count). The maximum Gasteiger partial charge on any atom is 0.223 e. The van der Waals surface area contributed by atoms with Gasteiger partial charge in [0.2, 0.25) is 5.91 Å². The van der Waals surface area contributed by atoms with E-state index in [9.17, 15) is 4.79 Å². The number of rotatable bonds is 7. The molecule has 0 bridgehead atoms. The summed E-state index contributed by atoms with van der Waals surface area (Å²) in [5, 5.41) is 2.99. The summed E-state index contributed by atoms with van der Waals surface area (Å²) in [6.07, 6.45) is 1.80. The minimum atomic E-state index is 0.0340. The van der Waals surface area contributed by atoms with Crippen LogP contribution in [-0.2, 0) is 11.2 Å². The van der Waals surface area contributed by atoms with Crippen LogP contribution in [0.15, 0.2) is 30.3 Å². The molecular formula is C15H24N2O. The van der Waals surface area contributed by atoms with E-state index in [1.807, 2.05) is 39.2 Å². The lowest BCUT2D eigenvalue weighted by molar-refractivity contribution is -0.124. The lowest BCUT2D eigenvalue weighted by Crippen LogP contribution is -2.32. The smallest absolute Gasteiger partial charge is 0.223 e. The van der Waals surface area contributed by atoms with Gasteiger partial charge in [-0.2, -0.15) is 0 Å². The van der Waals surface area contributed by atoms with Gasteiger partial charge in [-0.3, -0.25) is 4.79 Å². The van der Waals surface area contributed by atoms with Crippen molar-refractivity contribution < 1.29 is 4.79 Å². The van der Waals surface area contributed by atoms with E-state index in [0.717, 1.165) is 25.9 Å². The number of nitrogens with one attached hydrogen (secondary N) is 1. The molecule has 3 heteroatoms. The molecule has 0 saturated heterocycles. The molecule has 0 aromatic heterocycles. The van der Waals surface area contributed by atoms with Crippen LogP contribution in [0.2, 0.25) is 0 Å². The van der Waals surface area contributed by atoms with Crippen molar-refractivity contribution in [2.75, 3.05) is 27.2 Å². The molecule has 1 atom stereocenters. The third-order valence-electron chi connectivity index (χ3n) is 2.91. The number of nitrogens with zero attached hydrogens (tertiary/aromatic N) is 1. The third-order valence-corrected chi connectivity index (χ3v) is 2.91. The Hall–Kier alpha value is -1.35. The second-order valence-corrected chi connectivity index (χ2v) is 5.04. The van der Waals surface area contributed by atoms with Crippen LogP contribution in [0.25, 0.3) is 0 Å². The van der Waals surface area contributed by atoms with Crippen molar-refractivity contribution >= 4 is 5.91 Å².